The van der Waals surface area contributed by atoms with Crippen LogP contribution >= 0.6 is 11.6 Å². The van der Waals surface area contributed by atoms with Crippen molar-refractivity contribution in [1.29, 1.82) is 0 Å². The van der Waals surface area contributed by atoms with Gasteiger partial charge in [0.15, 0.2) is 9.84 Å². The molecule has 0 aliphatic heterocycles. The van der Waals surface area contributed by atoms with Gasteiger partial charge in [0, 0.05) is 23.7 Å². The number of sulfone groups is 1. The molecule has 0 saturated heterocycles. The zero-order valence-electron chi connectivity index (χ0n) is 11.3. The summed E-state index contributed by atoms with van der Waals surface area (Å²) in [4.78, 5) is 12.3. The third-order valence-electron chi connectivity index (χ3n) is 3.72. The fourth-order valence-corrected chi connectivity index (χ4v) is 3.52. The van der Waals surface area contributed by atoms with Crippen molar-refractivity contribution in [3.63, 3.8) is 0 Å². The van der Waals surface area contributed by atoms with Crippen LogP contribution in [0.4, 0.5) is 0 Å². The first-order valence-corrected chi connectivity index (χ1v) is 9.01. The molecule has 1 aliphatic carbocycles. The van der Waals surface area contributed by atoms with Crippen molar-refractivity contribution in [1.82, 2.24) is 5.32 Å². The first-order valence-electron chi connectivity index (χ1n) is 6.59. The predicted molar refractivity (Wildman–Crippen MR) is 78.9 cm³/mol. The highest BCUT2D eigenvalue weighted by Gasteiger charge is 2.28. The topological polar surface area (TPSA) is 63.2 Å². The Morgan fingerprint density at radius 3 is 2.50 bits per heavy atom. The monoisotopic (exact) mass is 315 g/mol. The lowest BCUT2D eigenvalue weighted by Crippen LogP contribution is -2.37. The van der Waals surface area contributed by atoms with E-state index < -0.39 is 9.84 Å². The largest absolute Gasteiger partial charge is 0.349 e. The molecule has 0 radical (unpaired) electrons. The summed E-state index contributed by atoms with van der Waals surface area (Å²) in [5.74, 6) is 0.709. The summed E-state index contributed by atoms with van der Waals surface area (Å²) in [7, 11) is -3.23. The molecule has 110 valence electrons. The SMILES string of the molecule is CS(=O)(=O)c1ccc(C(=O)NC2CCCC2CCl)cc1. The number of alkyl halides is 1. The van der Waals surface area contributed by atoms with Crippen LogP contribution in [0.3, 0.4) is 0 Å². The standard InChI is InChI=1S/C14H18ClNO3S/c1-20(18,19)12-7-5-10(6-8-12)14(17)16-13-4-2-3-11(13)9-15/h5-8,11,13H,2-4,9H2,1H3,(H,16,17). The van der Waals surface area contributed by atoms with Gasteiger partial charge in [0.05, 0.1) is 4.90 Å². The van der Waals surface area contributed by atoms with Crippen molar-refractivity contribution in [2.75, 3.05) is 12.1 Å². The number of nitrogens with one attached hydrogen (secondary N) is 1. The summed E-state index contributed by atoms with van der Waals surface area (Å²) >= 11 is 5.88. The maximum absolute atomic E-state index is 12.1. The molecule has 1 aromatic rings. The maximum Gasteiger partial charge on any atom is 0.251 e. The van der Waals surface area contributed by atoms with E-state index in [1.807, 2.05) is 0 Å². The minimum absolute atomic E-state index is 0.120. The second kappa shape index (κ2) is 6.14. The molecule has 1 aliphatic rings. The summed E-state index contributed by atoms with van der Waals surface area (Å²) in [6, 6.07) is 6.11. The third-order valence-corrected chi connectivity index (χ3v) is 5.24. The molecule has 2 atom stereocenters. The lowest BCUT2D eigenvalue weighted by atomic mass is 10.1. The first-order chi connectivity index (χ1) is 9.41. The number of amides is 1. The number of carbonyl (C=O) groups is 1. The van der Waals surface area contributed by atoms with Gasteiger partial charge in [0.25, 0.3) is 5.91 Å². The van der Waals surface area contributed by atoms with Crippen LogP contribution in [0.2, 0.25) is 0 Å². The van der Waals surface area contributed by atoms with Crippen LogP contribution in [0.5, 0.6) is 0 Å². The highest BCUT2D eigenvalue weighted by Crippen LogP contribution is 2.26. The van der Waals surface area contributed by atoms with Gasteiger partial charge in [-0.25, -0.2) is 8.42 Å². The Morgan fingerprint density at radius 2 is 1.95 bits per heavy atom. The lowest BCUT2D eigenvalue weighted by molar-refractivity contribution is 0.0930. The quantitative estimate of drug-likeness (QED) is 0.867. The van der Waals surface area contributed by atoms with Gasteiger partial charge < -0.3 is 5.32 Å². The van der Waals surface area contributed by atoms with Crippen LogP contribution in [-0.4, -0.2) is 32.5 Å². The first kappa shape index (κ1) is 15.3. The minimum atomic E-state index is -3.23. The molecule has 4 nitrogen and oxygen atoms in total. The summed E-state index contributed by atoms with van der Waals surface area (Å²) < 4.78 is 22.7. The zero-order valence-corrected chi connectivity index (χ0v) is 12.9. The Labute approximate surface area is 124 Å². The molecule has 1 aromatic carbocycles. The Kier molecular flexibility index (Phi) is 4.70. The predicted octanol–water partition coefficient (Wildman–Crippen LogP) is 2.23. The molecule has 1 amide bonds. The van der Waals surface area contributed by atoms with Gasteiger partial charge in [-0.15, -0.1) is 11.6 Å². The van der Waals surface area contributed by atoms with E-state index in [2.05, 4.69) is 5.32 Å². The molecular weight excluding hydrogens is 298 g/mol. The summed E-state index contributed by atoms with van der Waals surface area (Å²) in [6.07, 6.45) is 4.22. The van der Waals surface area contributed by atoms with E-state index >= 15 is 0 Å². The summed E-state index contributed by atoms with van der Waals surface area (Å²) in [6.45, 7) is 0. The lowest BCUT2D eigenvalue weighted by Gasteiger charge is -2.18. The fraction of sp³-hybridized carbons (Fsp3) is 0.500. The number of halogens is 1. The van der Waals surface area contributed by atoms with E-state index in [0.717, 1.165) is 25.5 Å². The molecule has 2 rings (SSSR count). The highest BCUT2D eigenvalue weighted by molar-refractivity contribution is 7.90. The number of hydrogen-bond donors (Lipinski definition) is 1. The molecular formula is C14H18ClNO3S. The second-order valence-corrected chi connectivity index (χ2v) is 7.55. The molecule has 6 heteroatoms. The van der Waals surface area contributed by atoms with Crippen LogP contribution in [0.15, 0.2) is 29.2 Å². The molecule has 1 fully saturated rings. The smallest absolute Gasteiger partial charge is 0.251 e. The van der Waals surface area contributed by atoms with Gasteiger partial charge in [-0.2, -0.15) is 0 Å². The van der Waals surface area contributed by atoms with Crippen LogP contribution in [-0.2, 0) is 9.84 Å². The number of benzene rings is 1. The van der Waals surface area contributed by atoms with E-state index in [-0.39, 0.29) is 16.8 Å². The maximum atomic E-state index is 12.1. The fourth-order valence-electron chi connectivity index (χ4n) is 2.52. The van der Waals surface area contributed by atoms with E-state index in [1.165, 1.54) is 24.3 Å². The van der Waals surface area contributed by atoms with Crippen molar-refractivity contribution in [2.24, 2.45) is 5.92 Å². The van der Waals surface area contributed by atoms with Crippen LogP contribution < -0.4 is 5.32 Å². The molecule has 0 spiro atoms. The number of rotatable bonds is 4. The Bertz CT molecular complexity index is 583. The Hall–Kier alpha value is -1.07. The average molecular weight is 316 g/mol. The van der Waals surface area contributed by atoms with Gasteiger partial charge in [0.2, 0.25) is 0 Å². The molecule has 2 unspecified atom stereocenters. The van der Waals surface area contributed by atoms with Gasteiger partial charge in [0.1, 0.15) is 0 Å². The highest BCUT2D eigenvalue weighted by atomic mass is 35.5. The number of hydrogen-bond acceptors (Lipinski definition) is 3. The second-order valence-electron chi connectivity index (χ2n) is 5.22. The molecule has 0 heterocycles. The van der Waals surface area contributed by atoms with Gasteiger partial charge in [-0.1, -0.05) is 6.42 Å². The van der Waals surface area contributed by atoms with Crippen molar-refractivity contribution in [3.8, 4) is 0 Å². The Balaban J connectivity index is 2.06. The van der Waals surface area contributed by atoms with E-state index in [4.69, 9.17) is 11.6 Å². The summed E-state index contributed by atoms with van der Waals surface area (Å²) in [5, 5.41) is 2.98. The molecule has 20 heavy (non-hydrogen) atoms. The van der Waals surface area contributed by atoms with Crippen molar-refractivity contribution >= 4 is 27.3 Å². The van der Waals surface area contributed by atoms with Crippen LogP contribution in [0.1, 0.15) is 29.6 Å². The van der Waals surface area contributed by atoms with E-state index in [1.54, 1.807) is 0 Å². The molecule has 1 saturated carbocycles. The number of carbonyl (C=O) groups excluding carboxylic acids is 1. The molecule has 0 bridgehead atoms. The van der Waals surface area contributed by atoms with Gasteiger partial charge in [-0.3, -0.25) is 4.79 Å². The van der Waals surface area contributed by atoms with Crippen molar-refractivity contribution < 1.29 is 13.2 Å². The van der Waals surface area contributed by atoms with Gasteiger partial charge in [-0.05, 0) is 43.0 Å². The normalized spacial score (nSPS) is 22.7. The minimum Gasteiger partial charge on any atom is -0.349 e. The average Bonchev–Trinajstić information content (AvgIpc) is 2.85. The molecule has 0 aromatic heterocycles. The van der Waals surface area contributed by atoms with E-state index in [9.17, 15) is 13.2 Å². The van der Waals surface area contributed by atoms with Crippen LogP contribution in [0, 0.1) is 5.92 Å². The molecule has 1 N–H and O–H groups in total. The zero-order chi connectivity index (χ0) is 14.8. The van der Waals surface area contributed by atoms with E-state index in [0.29, 0.717) is 17.4 Å². The van der Waals surface area contributed by atoms with Crippen LogP contribution in [0.25, 0.3) is 0 Å². The van der Waals surface area contributed by atoms with Crippen molar-refractivity contribution in [2.45, 2.75) is 30.2 Å². The Morgan fingerprint density at radius 1 is 1.30 bits per heavy atom. The van der Waals surface area contributed by atoms with Crippen molar-refractivity contribution in [3.05, 3.63) is 29.8 Å². The van der Waals surface area contributed by atoms with Gasteiger partial charge >= 0.3 is 0 Å². The third kappa shape index (κ3) is 3.52. The summed E-state index contributed by atoms with van der Waals surface area (Å²) in [5.41, 5.74) is 0.470.